The Labute approximate surface area is 205 Å². The van der Waals surface area contributed by atoms with Crippen LogP contribution in [0.15, 0.2) is 75.5 Å². The molecule has 2 aromatic rings. The van der Waals surface area contributed by atoms with Crippen molar-refractivity contribution in [3.63, 3.8) is 0 Å². The van der Waals surface area contributed by atoms with Crippen molar-refractivity contribution in [2.75, 3.05) is 6.67 Å². The van der Waals surface area contributed by atoms with Crippen molar-refractivity contribution in [2.24, 2.45) is 0 Å². The Hall–Kier alpha value is -4.92. The molecule has 36 heavy (non-hydrogen) atoms. The minimum Gasteiger partial charge on any atom is -0.508 e. The van der Waals surface area contributed by atoms with E-state index < -0.39 is 11.9 Å². The number of phenols is 1. The van der Waals surface area contributed by atoms with Gasteiger partial charge in [0.1, 0.15) is 17.1 Å². The summed E-state index contributed by atoms with van der Waals surface area (Å²) in [5.74, 6) is -1.98. The van der Waals surface area contributed by atoms with E-state index in [1.54, 1.807) is 19.9 Å². The monoisotopic (exact) mass is 486 g/mol. The molecule has 4 N–H and O–H groups in total. The molecule has 0 atom stereocenters. The average molecular weight is 486 g/mol. The number of aromatic carboxylic acids is 1. The third-order valence-electron chi connectivity index (χ3n) is 5.39. The van der Waals surface area contributed by atoms with Crippen LogP contribution in [0.5, 0.6) is 5.75 Å². The molecule has 0 unspecified atom stereocenters. The number of hydrogen-bond acceptors (Lipinski definition) is 6. The highest BCUT2D eigenvalue weighted by atomic mass is 16.4. The first-order valence-electron chi connectivity index (χ1n) is 10.9. The minimum absolute atomic E-state index is 0.0726. The van der Waals surface area contributed by atoms with Gasteiger partial charge in [0.2, 0.25) is 5.91 Å². The fourth-order valence-electron chi connectivity index (χ4n) is 3.86. The van der Waals surface area contributed by atoms with Gasteiger partial charge < -0.3 is 25.3 Å². The van der Waals surface area contributed by atoms with Gasteiger partial charge in [-0.25, -0.2) is 4.79 Å². The Bertz CT molecular complexity index is 1580. The second-order valence-electron chi connectivity index (χ2n) is 8.33. The van der Waals surface area contributed by atoms with E-state index in [2.05, 4.69) is 10.6 Å². The summed E-state index contributed by atoms with van der Waals surface area (Å²) in [5.41, 5.74) is 1.93. The van der Waals surface area contributed by atoms with Crippen LogP contribution in [-0.4, -0.2) is 34.7 Å². The molecule has 0 saturated heterocycles. The molecular weight excluding hydrogens is 464 g/mol. The summed E-state index contributed by atoms with van der Waals surface area (Å²) in [6, 6.07) is 12.6. The molecule has 1 heterocycles. The van der Waals surface area contributed by atoms with Crippen LogP contribution in [0.4, 0.5) is 0 Å². The van der Waals surface area contributed by atoms with Crippen LogP contribution in [0.25, 0.3) is 33.4 Å². The highest BCUT2D eigenvalue weighted by molar-refractivity contribution is 6.09. The highest BCUT2D eigenvalue weighted by Gasteiger charge is 2.23. The zero-order chi connectivity index (χ0) is 26.0. The zero-order valence-electron chi connectivity index (χ0n) is 19.4. The molecule has 182 valence electrons. The van der Waals surface area contributed by atoms with Gasteiger partial charge in [0.05, 0.1) is 12.2 Å². The number of carbonyl (C=O) groups excluding carboxylic acids is 2. The number of amides is 2. The van der Waals surface area contributed by atoms with Gasteiger partial charge in [-0.3, -0.25) is 14.4 Å². The van der Waals surface area contributed by atoms with Crippen LogP contribution in [0.1, 0.15) is 34.6 Å². The molecule has 2 aromatic carbocycles. The number of rotatable bonds is 6. The number of carboxylic acid groups (broad SMARTS) is 1. The molecule has 0 spiro atoms. The molecule has 1 aliphatic heterocycles. The minimum atomic E-state index is -1.22. The van der Waals surface area contributed by atoms with E-state index in [1.807, 2.05) is 0 Å². The first kappa shape index (κ1) is 24.2. The van der Waals surface area contributed by atoms with E-state index >= 15 is 0 Å². The number of carboxylic acids is 1. The maximum absolute atomic E-state index is 12.8. The first-order valence-corrected chi connectivity index (χ1v) is 10.9. The summed E-state index contributed by atoms with van der Waals surface area (Å²) in [6.45, 7) is 3.42. The van der Waals surface area contributed by atoms with Crippen molar-refractivity contribution in [1.82, 2.24) is 10.6 Å². The maximum atomic E-state index is 12.8. The molecule has 1 aliphatic carbocycles. The van der Waals surface area contributed by atoms with Crippen molar-refractivity contribution in [1.29, 1.82) is 0 Å². The van der Waals surface area contributed by atoms with Gasteiger partial charge >= 0.3 is 5.97 Å². The molecule has 9 nitrogen and oxygen atoms in total. The van der Waals surface area contributed by atoms with Gasteiger partial charge in [0, 0.05) is 40.3 Å². The molecule has 4 rings (SSSR count). The summed E-state index contributed by atoms with van der Waals surface area (Å²) in [6.07, 6.45) is 1.40. The zero-order valence-corrected chi connectivity index (χ0v) is 19.4. The second-order valence-corrected chi connectivity index (χ2v) is 8.33. The van der Waals surface area contributed by atoms with E-state index in [1.165, 1.54) is 54.6 Å². The van der Waals surface area contributed by atoms with Crippen molar-refractivity contribution in [3.05, 3.63) is 87.6 Å². The van der Waals surface area contributed by atoms with Crippen molar-refractivity contribution >= 4 is 28.8 Å². The van der Waals surface area contributed by atoms with Crippen molar-refractivity contribution < 1.29 is 29.0 Å². The smallest absolute Gasteiger partial charge is 0.336 e. The van der Waals surface area contributed by atoms with Crippen LogP contribution in [0.3, 0.4) is 0 Å². The number of nitrogens with one attached hydrogen (secondary N) is 2. The molecule has 9 heteroatoms. The number of benzene rings is 3. The van der Waals surface area contributed by atoms with Gasteiger partial charge in [0.25, 0.3) is 5.91 Å². The van der Waals surface area contributed by atoms with E-state index in [4.69, 9.17) is 4.42 Å². The second kappa shape index (κ2) is 9.75. The van der Waals surface area contributed by atoms with E-state index in [0.29, 0.717) is 16.5 Å². The average Bonchev–Trinajstić information content (AvgIpc) is 2.81. The summed E-state index contributed by atoms with van der Waals surface area (Å²) in [5, 5.41) is 25.4. The fourth-order valence-corrected chi connectivity index (χ4v) is 3.86. The molecule has 0 bridgehead atoms. The largest absolute Gasteiger partial charge is 0.508 e. The normalized spacial score (nSPS) is 10.7. The summed E-state index contributed by atoms with van der Waals surface area (Å²) in [4.78, 5) is 48.7. The summed E-state index contributed by atoms with van der Waals surface area (Å²) in [7, 11) is 0. The number of fused-ring (bicyclic) bond motifs is 2. The highest BCUT2D eigenvalue weighted by Crippen LogP contribution is 2.42. The lowest BCUT2D eigenvalue weighted by Crippen LogP contribution is -2.36. The maximum Gasteiger partial charge on any atom is 0.336 e. The van der Waals surface area contributed by atoms with Gasteiger partial charge in [-0.15, -0.1) is 0 Å². The summed E-state index contributed by atoms with van der Waals surface area (Å²) < 4.78 is 5.82. The van der Waals surface area contributed by atoms with Crippen LogP contribution >= 0.6 is 0 Å². The van der Waals surface area contributed by atoms with E-state index in [9.17, 15) is 29.4 Å². The third-order valence-corrected chi connectivity index (χ3v) is 5.39. The number of allylic oxidation sites excluding steroid dienone is 1. The third kappa shape index (κ3) is 4.95. The lowest BCUT2D eigenvalue weighted by atomic mass is 9.89. The SMILES string of the molecule is CC(C)=CC(=O)NCNC(=O)c1ccc(C(=O)O)c(-c2c3ccc(=O)cc-3oc3cc(O)ccc23)c1. The standard InChI is InChI=1S/C27H22N2O7/c1-14(2)9-24(32)28-13-29-26(33)15-3-6-18(27(34)35)21(10-15)25-19-7-4-16(30)11-22(19)36-23-12-17(31)5-8-20(23)25/h3-12,30H,13H2,1-2H3,(H,28,32)(H,29,33)(H,34,35). The van der Waals surface area contributed by atoms with Crippen LogP contribution in [0.2, 0.25) is 0 Å². The van der Waals surface area contributed by atoms with Crippen LogP contribution in [0, 0.1) is 0 Å². The summed E-state index contributed by atoms with van der Waals surface area (Å²) >= 11 is 0. The van der Waals surface area contributed by atoms with Crippen molar-refractivity contribution in [3.8, 4) is 28.2 Å². The van der Waals surface area contributed by atoms with Crippen molar-refractivity contribution in [2.45, 2.75) is 13.8 Å². The first-order chi connectivity index (χ1) is 17.1. The molecule has 0 aromatic heterocycles. The number of carbonyl (C=O) groups is 3. The molecule has 2 aliphatic rings. The Morgan fingerprint density at radius 3 is 2.44 bits per heavy atom. The topological polar surface area (TPSA) is 146 Å². The Balaban J connectivity index is 1.84. The van der Waals surface area contributed by atoms with Gasteiger partial charge in [-0.2, -0.15) is 0 Å². The van der Waals surface area contributed by atoms with Crippen LogP contribution in [-0.2, 0) is 4.79 Å². The quantitative estimate of drug-likeness (QED) is 0.184. The number of aromatic hydroxyl groups is 1. The molecule has 2 amide bonds. The number of hydrogen-bond donors (Lipinski definition) is 4. The van der Waals surface area contributed by atoms with Crippen LogP contribution < -0.4 is 16.1 Å². The molecule has 0 radical (unpaired) electrons. The Morgan fingerprint density at radius 2 is 1.72 bits per heavy atom. The van der Waals surface area contributed by atoms with Gasteiger partial charge in [-0.05, 0) is 61.9 Å². The van der Waals surface area contributed by atoms with E-state index in [-0.39, 0.29) is 51.8 Å². The van der Waals surface area contributed by atoms with Gasteiger partial charge in [-0.1, -0.05) is 5.57 Å². The molecule has 0 fully saturated rings. The Kier molecular flexibility index (Phi) is 6.56. The molecular formula is C27H22N2O7. The molecule has 0 saturated carbocycles. The number of phenolic OH excluding ortho intramolecular Hbond substituents is 1. The predicted octanol–water partition coefficient (Wildman–Crippen LogP) is 3.74. The predicted molar refractivity (Wildman–Crippen MR) is 133 cm³/mol. The Morgan fingerprint density at radius 1 is 0.944 bits per heavy atom. The fraction of sp³-hybridized carbons (Fsp3) is 0.111. The van der Waals surface area contributed by atoms with E-state index in [0.717, 1.165) is 5.57 Å². The lowest BCUT2D eigenvalue weighted by molar-refractivity contribution is -0.116. The lowest BCUT2D eigenvalue weighted by Gasteiger charge is -2.17. The van der Waals surface area contributed by atoms with Gasteiger partial charge in [0.15, 0.2) is 5.43 Å².